The van der Waals surface area contributed by atoms with Gasteiger partial charge in [-0.2, -0.15) is 0 Å². The quantitative estimate of drug-likeness (QED) is 0.762. The van der Waals surface area contributed by atoms with Crippen molar-refractivity contribution in [3.05, 3.63) is 77.3 Å². The van der Waals surface area contributed by atoms with Gasteiger partial charge in [-0.1, -0.05) is 48.0 Å². The molecule has 0 fully saturated rings. The van der Waals surface area contributed by atoms with Gasteiger partial charge in [-0.3, -0.25) is 0 Å². The van der Waals surface area contributed by atoms with Gasteiger partial charge in [0.2, 0.25) is 0 Å². The number of rotatable bonds is 5. The van der Waals surface area contributed by atoms with Crippen molar-refractivity contribution < 1.29 is 4.55 Å². The van der Waals surface area contributed by atoms with Gasteiger partial charge in [0.05, 0.1) is 0 Å². The van der Waals surface area contributed by atoms with E-state index in [2.05, 4.69) is 6.08 Å². The van der Waals surface area contributed by atoms with E-state index in [1.54, 1.807) is 0 Å². The van der Waals surface area contributed by atoms with Crippen LogP contribution in [-0.2, 0) is 17.6 Å². The van der Waals surface area contributed by atoms with Gasteiger partial charge in [0.15, 0.2) is 4.90 Å². The highest BCUT2D eigenvalue weighted by molar-refractivity contribution is 7.91. The lowest BCUT2D eigenvalue weighted by Gasteiger charge is -2.06. The average Bonchev–Trinajstić information content (AvgIpc) is 2.46. The van der Waals surface area contributed by atoms with Crippen LogP contribution in [0.4, 0.5) is 0 Å². The summed E-state index contributed by atoms with van der Waals surface area (Å²) in [4.78, 5) is 0.842. The Morgan fingerprint density at radius 1 is 1.05 bits per heavy atom. The molecule has 2 rings (SSSR count). The molecule has 0 saturated carbocycles. The first-order valence-electron chi connectivity index (χ1n) is 5.98. The highest BCUT2D eigenvalue weighted by atomic mass is 35.5. The zero-order valence-corrected chi connectivity index (χ0v) is 12.0. The van der Waals surface area contributed by atoms with Gasteiger partial charge < -0.3 is 4.55 Å². The van der Waals surface area contributed by atoms with Crippen LogP contribution in [0.5, 0.6) is 0 Å². The molecule has 97 valence electrons. The van der Waals surface area contributed by atoms with E-state index in [4.69, 9.17) is 11.6 Å². The second-order valence-electron chi connectivity index (χ2n) is 4.04. The smallest absolute Gasteiger partial charge is 0.153 e. The maximum Gasteiger partial charge on any atom is 0.153 e. The Morgan fingerprint density at radius 3 is 2.42 bits per heavy atom. The molecule has 2 aromatic rings. The number of allylic oxidation sites excluding steroid dienone is 1. The molecule has 0 saturated heterocycles. The Bertz CT molecular complexity index is 522. The van der Waals surface area contributed by atoms with Crippen molar-refractivity contribution in [1.82, 2.24) is 0 Å². The fraction of sp³-hybridized carbons (Fsp3) is 0.125. The summed E-state index contributed by atoms with van der Waals surface area (Å²) < 4.78 is 11.9. The van der Waals surface area contributed by atoms with Gasteiger partial charge >= 0.3 is 0 Å². The first-order valence-corrected chi connectivity index (χ1v) is 7.68. The molecule has 0 aliphatic heterocycles. The molecule has 0 aliphatic rings. The summed E-state index contributed by atoms with van der Waals surface area (Å²) in [5.41, 5.74) is 1.17. The van der Waals surface area contributed by atoms with Gasteiger partial charge in [-0.15, -0.1) is 0 Å². The molecule has 0 heterocycles. The highest BCUT2D eigenvalue weighted by Gasteiger charge is 2.06. The maximum absolute atomic E-state index is 11.9. The molecule has 2 aromatic carbocycles. The third kappa shape index (κ3) is 4.75. The summed E-state index contributed by atoms with van der Waals surface area (Å²) >= 11 is 4.81. The van der Waals surface area contributed by atoms with Crippen LogP contribution in [0.15, 0.2) is 65.6 Å². The van der Waals surface area contributed by atoms with Crippen LogP contribution in [-0.4, -0.2) is 10.3 Å². The molecule has 3 heteroatoms. The predicted octanol–water partition coefficient (Wildman–Crippen LogP) is 4.05. The average molecular weight is 290 g/mol. The van der Waals surface area contributed by atoms with Crippen LogP contribution in [0.3, 0.4) is 0 Å². The van der Waals surface area contributed by atoms with E-state index in [1.165, 1.54) is 5.56 Å². The molecule has 0 aliphatic carbocycles. The topological polar surface area (TPSA) is 23.1 Å². The second-order valence-corrected chi connectivity index (χ2v) is 5.93. The maximum atomic E-state index is 11.9. The van der Waals surface area contributed by atoms with Crippen molar-refractivity contribution in [2.24, 2.45) is 0 Å². The minimum Gasteiger partial charge on any atom is -0.611 e. The van der Waals surface area contributed by atoms with Crippen molar-refractivity contribution in [3.8, 4) is 0 Å². The Morgan fingerprint density at radius 2 is 1.74 bits per heavy atom. The minimum atomic E-state index is -1.01. The highest BCUT2D eigenvalue weighted by Crippen LogP contribution is 2.11. The first kappa shape index (κ1) is 14.2. The Kier molecular flexibility index (Phi) is 5.52. The van der Waals surface area contributed by atoms with Gasteiger partial charge in [0.25, 0.3) is 0 Å². The van der Waals surface area contributed by atoms with Crippen LogP contribution in [0, 0.1) is 6.08 Å². The lowest BCUT2D eigenvalue weighted by Crippen LogP contribution is -2.04. The third-order valence-electron chi connectivity index (χ3n) is 2.62. The predicted molar refractivity (Wildman–Crippen MR) is 80.7 cm³/mol. The molecule has 1 unspecified atom stereocenters. The second kappa shape index (κ2) is 7.39. The van der Waals surface area contributed by atoms with Crippen molar-refractivity contribution in [3.63, 3.8) is 0 Å². The van der Waals surface area contributed by atoms with E-state index < -0.39 is 11.2 Å². The van der Waals surface area contributed by atoms with Crippen molar-refractivity contribution in [2.45, 2.75) is 11.3 Å². The van der Waals surface area contributed by atoms with E-state index in [9.17, 15) is 4.55 Å². The molecule has 0 bridgehead atoms. The van der Waals surface area contributed by atoms with E-state index in [-0.39, 0.29) is 0 Å². The van der Waals surface area contributed by atoms with Crippen molar-refractivity contribution in [1.29, 1.82) is 0 Å². The van der Waals surface area contributed by atoms with Crippen molar-refractivity contribution in [2.75, 3.05) is 5.75 Å². The standard InChI is InChI=1S/C16H14ClOS/c17-15-11-9-14(10-12-15)6-4-5-13-19(18)16-7-2-1-3-8-16/h1-4,7-12H,6,13H2. The molecule has 0 N–H and O–H groups in total. The molecular weight excluding hydrogens is 276 g/mol. The molecule has 0 spiro atoms. The van der Waals surface area contributed by atoms with Gasteiger partial charge in [0, 0.05) is 11.1 Å². The van der Waals surface area contributed by atoms with Crippen LogP contribution in [0.2, 0.25) is 5.02 Å². The largest absolute Gasteiger partial charge is 0.611 e. The normalized spacial score (nSPS) is 12.7. The summed E-state index contributed by atoms with van der Waals surface area (Å²) in [6, 6.07) is 17.1. The van der Waals surface area contributed by atoms with E-state index in [0.717, 1.165) is 16.3 Å². The summed E-state index contributed by atoms with van der Waals surface area (Å²) in [7, 11) is 0. The van der Waals surface area contributed by atoms with Gasteiger partial charge in [-0.05, 0) is 47.4 Å². The van der Waals surface area contributed by atoms with E-state index in [1.807, 2.05) is 60.7 Å². The summed E-state index contributed by atoms with van der Waals surface area (Å²) in [5.74, 6) is 0.428. The fourth-order valence-electron chi connectivity index (χ4n) is 1.60. The van der Waals surface area contributed by atoms with Crippen LogP contribution >= 0.6 is 11.6 Å². The van der Waals surface area contributed by atoms with Gasteiger partial charge in [0.1, 0.15) is 5.75 Å². The fourth-order valence-corrected chi connectivity index (χ4v) is 2.62. The van der Waals surface area contributed by atoms with Crippen LogP contribution in [0.1, 0.15) is 5.56 Å². The molecule has 1 radical (unpaired) electrons. The van der Waals surface area contributed by atoms with E-state index >= 15 is 0 Å². The van der Waals surface area contributed by atoms with Crippen LogP contribution in [0.25, 0.3) is 0 Å². The monoisotopic (exact) mass is 289 g/mol. The molecule has 1 nitrogen and oxygen atoms in total. The number of benzene rings is 2. The SMILES string of the molecule is [O-][S+](C/[C]=C\Cc1ccc(Cl)cc1)c1ccccc1. The molecule has 0 aromatic heterocycles. The lowest BCUT2D eigenvalue weighted by atomic mass is 10.1. The number of hydrogen-bond acceptors (Lipinski definition) is 1. The number of hydrogen-bond donors (Lipinski definition) is 0. The molecule has 0 amide bonds. The molecule has 19 heavy (non-hydrogen) atoms. The zero-order chi connectivity index (χ0) is 13.5. The van der Waals surface area contributed by atoms with E-state index in [0.29, 0.717) is 5.75 Å². The third-order valence-corrected chi connectivity index (χ3v) is 4.09. The van der Waals surface area contributed by atoms with Crippen LogP contribution < -0.4 is 0 Å². The van der Waals surface area contributed by atoms with Crippen molar-refractivity contribution >= 4 is 22.8 Å². The molecule has 1 atom stereocenters. The molecular formula is C16H14ClOS. The Labute approximate surface area is 122 Å². The Hall–Kier alpha value is -1.22. The number of halogens is 1. The minimum absolute atomic E-state index is 0.428. The Balaban J connectivity index is 1.82. The first-order chi connectivity index (χ1) is 9.25. The zero-order valence-electron chi connectivity index (χ0n) is 10.4. The van der Waals surface area contributed by atoms with Gasteiger partial charge in [-0.25, -0.2) is 0 Å². The summed E-state index contributed by atoms with van der Waals surface area (Å²) in [6.07, 6.45) is 5.79. The lowest BCUT2D eigenvalue weighted by molar-refractivity contribution is 0.597. The summed E-state index contributed by atoms with van der Waals surface area (Å²) in [6.45, 7) is 0. The summed E-state index contributed by atoms with van der Waals surface area (Å²) in [5, 5.41) is 0.738.